The van der Waals surface area contributed by atoms with E-state index < -0.39 is 0 Å². The molecule has 0 saturated carbocycles. The fraction of sp³-hybridized carbons (Fsp3) is 0.167. The SMILES string of the molecule is Cn1ncc2n[c]sc2c1=O. The molecule has 4 nitrogen and oxygen atoms in total. The van der Waals surface area contributed by atoms with E-state index in [1.807, 2.05) is 0 Å². The molecule has 0 atom stereocenters. The Morgan fingerprint density at radius 3 is 3.36 bits per heavy atom. The zero-order chi connectivity index (χ0) is 7.84. The standard InChI is InChI=1S/C6H4N3OS/c1-9-6(10)5-4(2-8-9)7-3-11-5/h2H,1H3. The minimum atomic E-state index is -0.110. The highest BCUT2D eigenvalue weighted by atomic mass is 32.1. The molecule has 0 N–H and O–H groups in total. The normalized spacial score (nSPS) is 10.6. The second-order valence-corrected chi connectivity index (χ2v) is 2.89. The van der Waals surface area contributed by atoms with E-state index in [0.717, 1.165) is 0 Å². The monoisotopic (exact) mass is 166 g/mol. The predicted molar refractivity (Wildman–Crippen MR) is 41.5 cm³/mol. The number of hydrogen-bond acceptors (Lipinski definition) is 4. The van der Waals surface area contributed by atoms with Crippen LogP contribution in [-0.4, -0.2) is 14.8 Å². The molecular weight excluding hydrogens is 162 g/mol. The summed E-state index contributed by atoms with van der Waals surface area (Å²) in [5.74, 6) is 0. The third kappa shape index (κ3) is 0.848. The molecule has 0 amide bonds. The van der Waals surface area contributed by atoms with Gasteiger partial charge in [0.1, 0.15) is 10.2 Å². The number of nitrogens with zero attached hydrogens (tertiary/aromatic N) is 3. The molecule has 0 aliphatic carbocycles. The predicted octanol–water partition coefficient (Wildman–Crippen LogP) is 0.190. The molecule has 0 saturated heterocycles. The number of aromatic nitrogens is 3. The first kappa shape index (κ1) is 6.48. The molecule has 2 heterocycles. The minimum absolute atomic E-state index is 0.110. The molecule has 0 unspecified atom stereocenters. The van der Waals surface area contributed by atoms with E-state index in [0.29, 0.717) is 10.2 Å². The van der Waals surface area contributed by atoms with Gasteiger partial charge in [0.15, 0.2) is 5.51 Å². The fourth-order valence-electron chi connectivity index (χ4n) is 0.802. The van der Waals surface area contributed by atoms with E-state index >= 15 is 0 Å². The molecule has 0 spiro atoms. The van der Waals surface area contributed by atoms with Gasteiger partial charge in [-0.25, -0.2) is 9.67 Å². The molecule has 0 aliphatic rings. The van der Waals surface area contributed by atoms with Crippen LogP contribution in [0.5, 0.6) is 0 Å². The van der Waals surface area contributed by atoms with Crippen molar-refractivity contribution in [2.45, 2.75) is 0 Å². The van der Waals surface area contributed by atoms with Gasteiger partial charge in [-0.2, -0.15) is 5.10 Å². The molecule has 0 fully saturated rings. The number of fused-ring (bicyclic) bond motifs is 1. The lowest BCUT2D eigenvalue weighted by molar-refractivity contribution is 0.719. The van der Waals surface area contributed by atoms with Gasteiger partial charge in [0.25, 0.3) is 5.56 Å². The van der Waals surface area contributed by atoms with Crippen LogP contribution in [0, 0.1) is 5.51 Å². The Balaban J connectivity index is 3.05. The fourth-order valence-corrected chi connectivity index (χ4v) is 1.46. The lowest BCUT2D eigenvalue weighted by Crippen LogP contribution is -2.17. The van der Waals surface area contributed by atoms with Gasteiger partial charge in [-0.3, -0.25) is 4.79 Å². The first-order chi connectivity index (χ1) is 5.29. The molecule has 5 heteroatoms. The number of hydrogen-bond donors (Lipinski definition) is 0. The molecule has 2 aromatic heterocycles. The van der Waals surface area contributed by atoms with Gasteiger partial charge in [0, 0.05) is 7.05 Å². The van der Waals surface area contributed by atoms with Crippen molar-refractivity contribution in [2.24, 2.45) is 7.05 Å². The Bertz CT molecular complexity index is 444. The zero-order valence-corrected chi connectivity index (χ0v) is 6.55. The molecule has 0 bridgehead atoms. The highest BCUT2D eigenvalue weighted by molar-refractivity contribution is 7.16. The first-order valence-corrected chi connectivity index (χ1v) is 3.79. The average molecular weight is 166 g/mol. The van der Waals surface area contributed by atoms with Gasteiger partial charge in [-0.1, -0.05) is 0 Å². The van der Waals surface area contributed by atoms with Crippen molar-refractivity contribution in [3.8, 4) is 0 Å². The van der Waals surface area contributed by atoms with Crippen LogP contribution in [0.25, 0.3) is 10.2 Å². The van der Waals surface area contributed by atoms with Crippen molar-refractivity contribution in [2.75, 3.05) is 0 Å². The summed E-state index contributed by atoms with van der Waals surface area (Å²) < 4.78 is 1.90. The summed E-state index contributed by atoms with van der Waals surface area (Å²) in [6.07, 6.45) is 1.56. The van der Waals surface area contributed by atoms with E-state index in [9.17, 15) is 4.79 Å². The van der Waals surface area contributed by atoms with E-state index in [4.69, 9.17) is 0 Å². The van der Waals surface area contributed by atoms with Crippen LogP contribution in [-0.2, 0) is 7.05 Å². The summed E-state index contributed by atoms with van der Waals surface area (Å²) in [7, 11) is 1.61. The Morgan fingerprint density at radius 2 is 2.55 bits per heavy atom. The third-order valence-electron chi connectivity index (χ3n) is 1.39. The Hall–Kier alpha value is -1.23. The number of rotatable bonds is 0. The van der Waals surface area contributed by atoms with Gasteiger partial charge in [0.05, 0.1) is 6.20 Å². The van der Waals surface area contributed by atoms with E-state index in [1.54, 1.807) is 13.2 Å². The van der Waals surface area contributed by atoms with Crippen LogP contribution < -0.4 is 5.56 Å². The van der Waals surface area contributed by atoms with Crippen LogP contribution in [0.15, 0.2) is 11.0 Å². The summed E-state index contributed by atoms with van der Waals surface area (Å²) >= 11 is 1.22. The van der Waals surface area contributed by atoms with Gasteiger partial charge < -0.3 is 0 Å². The Morgan fingerprint density at radius 1 is 1.73 bits per heavy atom. The van der Waals surface area contributed by atoms with Gasteiger partial charge >= 0.3 is 0 Å². The van der Waals surface area contributed by atoms with Crippen molar-refractivity contribution in [1.29, 1.82) is 0 Å². The molecule has 2 aromatic rings. The highest BCUT2D eigenvalue weighted by Gasteiger charge is 2.02. The van der Waals surface area contributed by atoms with Gasteiger partial charge in [-0.15, -0.1) is 11.3 Å². The zero-order valence-electron chi connectivity index (χ0n) is 5.74. The Kier molecular flexibility index (Phi) is 1.25. The molecule has 0 aromatic carbocycles. The maximum atomic E-state index is 11.2. The van der Waals surface area contributed by atoms with Gasteiger partial charge in [-0.05, 0) is 0 Å². The maximum Gasteiger partial charge on any atom is 0.286 e. The molecule has 55 valence electrons. The van der Waals surface area contributed by atoms with Crippen LogP contribution in [0.2, 0.25) is 0 Å². The van der Waals surface area contributed by atoms with Crippen molar-refractivity contribution < 1.29 is 0 Å². The van der Waals surface area contributed by atoms with Crippen molar-refractivity contribution in [3.63, 3.8) is 0 Å². The molecule has 1 radical (unpaired) electrons. The van der Waals surface area contributed by atoms with Crippen molar-refractivity contribution in [1.82, 2.24) is 14.8 Å². The summed E-state index contributed by atoms with van der Waals surface area (Å²) in [5.41, 5.74) is 3.16. The second kappa shape index (κ2) is 2.13. The molecule has 2 rings (SSSR count). The second-order valence-electron chi connectivity index (χ2n) is 2.09. The summed E-state index contributed by atoms with van der Waals surface area (Å²) in [5, 5.41) is 3.81. The van der Waals surface area contributed by atoms with Crippen molar-refractivity contribution in [3.05, 3.63) is 22.1 Å². The van der Waals surface area contributed by atoms with Crippen LogP contribution in [0.1, 0.15) is 0 Å². The lowest BCUT2D eigenvalue weighted by atomic mass is 10.5. The Labute approximate surface area is 66.1 Å². The van der Waals surface area contributed by atoms with E-state index in [1.165, 1.54) is 16.0 Å². The van der Waals surface area contributed by atoms with Gasteiger partial charge in [0.2, 0.25) is 0 Å². The average Bonchev–Trinajstić information content (AvgIpc) is 2.45. The summed E-state index contributed by atoms with van der Waals surface area (Å²) in [6.45, 7) is 0. The lowest BCUT2D eigenvalue weighted by Gasteiger charge is -1.91. The smallest absolute Gasteiger partial charge is 0.266 e. The van der Waals surface area contributed by atoms with Crippen LogP contribution in [0.3, 0.4) is 0 Å². The van der Waals surface area contributed by atoms with Crippen LogP contribution >= 0.6 is 11.3 Å². The van der Waals surface area contributed by atoms with Crippen molar-refractivity contribution >= 4 is 21.6 Å². The molecule has 0 aliphatic heterocycles. The third-order valence-corrected chi connectivity index (χ3v) is 2.16. The summed E-state index contributed by atoms with van der Waals surface area (Å²) in [4.78, 5) is 15.1. The maximum absolute atomic E-state index is 11.2. The number of thiazole rings is 1. The minimum Gasteiger partial charge on any atom is -0.266 e. The topological polar surface area (TPSA) is 47.8 Å². The van der Waals surface area contributed by atoms with E-state index in [-0.39, 0.29) is 5.56 Å². The molecular formula is C6H4N3OS. The largest absolute Gasteiger partial charge is 0.286 e. The number of aryl methyl sites for hydroxylation is 1. The molecule has 11 heavy (non-hydrogen) atoms. The van der Waals surface area contributed by atoms with E-state index in [2.05, 4.69) is 15.6 Å². The quantitative estimate of drug-likeness (QED) is 0.561. The highest BCUT2D eigenvalue weighted by Crippen LogP contribution is 2.09. The first-order valence-electron chi connectivity index (χ1n) is 2.98. The summed E-state index contributed by atoms with van der Waals surface area (Å²) in [6, 6.07) is 0. The van der Waals surface area contributed by atoms with Crippen LogP contribution in [0.4, 0.5) is 0 Å².